The van der Waals surface area contributed by atoms with Crippen LogP contribution in [0.15, 0.2) is 66.8 Å². The van der Waals surface area contributed by atoms with Crippen molar-refractivity contribution >= 4 is 12.0 Å². The third kappa shape index (κ3) is 5.25. The number of hydrogen-bond donors (Lipinski definition) is 1. The van der Waals surface area contributed by atoms with Gasteiger partial charge in [-0.1, -0.05) is 49.1 Å². The number of rotatable bonds is 8. The fraction of sp³-hybridized carbons (Fsp3) is 0.143. The lowest BCUT2D eigenvalue weighted by molar-refractivity contribution is -0.117. The number of nitrogens with one attached hydrogen (secondary N) is 1. The molecule has 1 N–H and O–H groups in total. The van der Waals surface area contributed by atoms with Crippen LogP contribution in [-0.4, -0.2) is 19.6 Å². The van der Waals surface area contributed by atoms with Gasteiger partial charge in [0.25, 0.3) is 5.91 Å². The molecule has 0 saturated heterocycles. The van der Waals surface area contributed by atoms with Crippen LogP contribution in [0.4, 0.5) is 0 Å². The predicted molar refractivity (Wildman–Crippen MR) is 101 cm³/mol. The Labute approximate surface area is 153 Å². The van der Waals surface area contributed by atoms with Gasteiger partial charge in [0.2, 0.25) is 0 Å². The summed E-state index contributed by atoms with van der Waals surface area (Å²) in [4.78, 5) is 12.2. The SMILES string of the molecule is C=CCOc1ccc(/C=C(\C#N)C(=O)NCc2ccccc2)cc1OC. The quantitative estimate of drug-likeness (QED) is 0.450. The number of nitrogens with zero attached hydrogens (tertiary/aromatic N) is 1. The van der Waals surface area contributed by atoms with E-state index in [9.17, 15) is 10.1 Å². The average molecular weight is 348 g/mol. The van der Waals surface area contributed by atoms with Crippen molar-refractivity contribution in [3.63, 3.8) is 0 Å². The van der Waals surface area contributed by atoms with Crippen LogP contribution >= 0.6 is 0 Å². The van der Waals surface area contributed by atoms with E-state index in [2.05, 4.69) is 11.9 Å². The maximum atomic E-state index is 12.2. The highest BCUT2D eigenvalue weighted by Gasteiger charge is 2.10. The van der Waals surface area contributed by atoms with E-state index in [1.807, 2.05) is 36.4 Å². The summed E-state index contributed by atoms with van der Waals surface area (Å²) >= 11 is 0. The maximum Gasteiger partial charge on any atom is 0.262 e. The Balaban J connectivity index is 2.13. The van der Waals surface area contributed by atoms with Gasteiger partial charge < -0.3 is 14.8 Å². The molecule has 2 aromatic carbocycles. The Kier molecular flexibility index (Phi) is 7.02. The van der Waals surface area contributed by atoms with E-state index in [0.29, 0.717) is 30.2 Å². The van der Waals surface area contributed by atoms with Crippen molar-refractivity contribution in [3.8, 4) is 17.6 Å². The summed E-state index contributed by atoms with van der Waals surface area (Å²) in [6.45, 7) is 4.32. The first kappa shape index (κ1) is 18.8. The molecule has 5 heteroatoms. The van der Waals surface area contributed by atoms with Gasteiger partial charge in [-0.2, -0.15) is 5.26 Å². The molecule has 1 amide bonds. The summed E-state index contributed by atoms with van der Waals surface area (Å²) in [6, 6.07) is 16.6. The second kappa shape index (κ2) is 9.70. The van der Waals surface area contributed by atoms with E-state index in [1.165, 1.54) is 13.2 Å². The monoisotopic (exact) mass is 348 g/mol. The van der Waals surface area contributed by atoms with Crippen molar-refractivity contribution < 1.29 is 14.3 Å². The molecule has 0 aliphatic heterocycles. The maximum absolute atomic E-state index is 12.2. The van der Waals surface area contributed by atoms with Crippen LogP contribution in [0.2, 0.25) is 0 Å². The Bertz CT molecular complexity index is 836. The Morgan fingerprint density at radius 2 is 2.00 bits per heavy atom. The third-order valence-electron chi connectivity index (χ3n) is 3.52. The molecule has 0 unspecified atom stereocenters. The second-order valence-corrected chi connectivity index (χ2v) is 5.35. The molecular weight excluding hydrogens is 328 g/mol. The molecule has 0 spiro atoms. The fourth-order valence-corrected chi connectivity index (χ4v) is 2.23. The van der Waals surface area contributed by atoms with E-state index >= 15 is 0 Å². The van der Waals surface area contributed by atoms with Crippen molar-refractivity contribution in [2.24, 2.45) is 0 Å². The normalized spacial score (nSPS) is 10.5. The summed E-state index contributed by atoms with van der Waals surface area (Å²) in [6.07, 6.45) is 3.15. The first-order valence-corrected chi connectivity index (χ1v) is 8.03. The van der Waals surface area contributed by atoms with Gasteiger partial charge in [-0.05, 0) is 29.3 Å². The highest BCUT2D eigenvalue weighted by Crippen LogP contribution is 2.29. The lowest BCUT2D eigenvalue weighted by Crippen LogP contribution is -2.23. The topological polar surface area (TPSA) is 71.3 Å². The minimum atomic E-state index is -0.428. The van der Waals surface area contributed by atoms with E-state index in [0.717, 1.165) is 5.56 Å². The average Bonchev–Trinajstić information content (AvgIpc) is 2.69. The Morgan fingerprint density at radius 3 is 2.65 bits per heavy atom. The lowest BCUT2D eigenvalue weighted by Gasteiger charge is -2.10. The highest BCUT2D eigenvalue weighted by atomic mass is 16.5. The van der Waals surface area contributed by atoms with Crippen LogP contribution in [0, 0.1) is 11.3 Å². The third-order valence-corrected chi connectivity index (χ3v) is 3.52. The summed E-state index contributed by atoms with van der Waals surface area (Å²) in [5, 5.41) is 12.0. The van der Waals surface area contributed by atoms with Gasteiger partial charge in [-0.15, -0.1) is 0 Å². The van der Waals surface area contributed by atoms with Crippen molar-refractivity contribution in [2.75, 3.05) is 13.7 Å². The molecule has 0 radical (unpaired) electrons. The zero-order chi connectivity index (χ0) is 18.8. The molecule has 0 aliphatic carbocycles. The summed E-state index contributed by atoms with van der Waals surface area (Å²) in [5.74, 6) is 0.654. The zero-order valence-electron chi connectivity index (χ0n) is 14.6. The minimum absolute atomic E-state index is 0.0164. The van der Waals surface area contributed by atoms with Crippen LogP contribution < -0.4 is 14.8 Å². The summed E-state index contributed by atoms with van der Waals surface area (Å²) < 4.78 is 10.8. The molecule has 0 bridgehead atoms. The first-order valence-electron chi connectivity index (χ1n) is 8.03. The zero-order valence-corrected chi connectivity index (χ0v) is 14.6. The lowest BCUT2D eigenvalue weighted by atomic mass is 10.1. The molecule has 0 aliphatic rings. The number of carbonyl (C=O) groups is 1. The number of amides is 1. The van der Waals surface area contributed by atoms with Crippen LogP contribution in [0.3, 0.4) is 0 Å². The smallest absolute Gasteiger partial charge is 0.262 e. The Hall–Kier alpha value is -3.52. The molecule has 26 heavy (non-hydrogen) atoms. The number of hydrogen-bond acceptors (Lipinski definition) is 4. The number of benzene rings is 2. The van der Waals surface area contributed by atoms with Gasteiger partial charge >= 0.3 is 0 Å². The molecule has 2 aromatic rings. The fourth-order valence-electron chi connectivity index (χ4n) is 2.23. The van der Waals surface area contributed by atoms with Gasteiger partial charge in [0, 0.05) is 6.54 Å². The van der Waals surface area contributed by atoms with Gasteiger partial charge in [-0.3, -0.25) is 4.79 Å². The highest BCUT2D eigenvalue weighted by molar-refractivity contribution is 6.01. The van der Waals surface area contributed by atoms with Crippen LogP contribution in [0.25, 0.3) is 6.08 Å². The van der Waals surface area contributed by atoms with E-state index < -0.39 is 5.91 Å². The van der Waals surface area contributed by atoms with Crippen LogP contribution in [0.5, 0.6) is 11.5 Å². The number of carbonyl (C=O) groups excluding carboxylic acids is 1. The Morgan fingerprint density at radius 1 is 1.23 bits per heavy atom. The van der Waals surface area contributed by atoms with E-state index in [-0.39, 0.29) is 5.57 Å². The number of nitriles is 1. The number of methoxy groups -OCH3 is 1. The van der Waals surface area contributed by atoms with E-state index in [1.54, 1.807) is 24.3 Å². The first-order chi connectivity index (χ1) is 12.7. The molecule has 2 rings (SSSR count). The largest absolute Gasteiger partial charge is 0.493 e. The molecule has 132 valence electrons. The van der Waals surface area contributed by atoms with Gasteiger partial charge in [0.05, 0.1) is 7.11 Å². The molecule has 0 atom stereocenters. The van der Waals surface area contributed by atoms with Gasteiger partial charge in [0.15, 0.2) is 11.5 Å². The molecule has 0 aromatic heterocycles. The van der Waals surface area contributed by atoms with Gasteiger partial charge in [-0.25, -0.2) is 0 Å². The molecular formula is C21H20N2O3. The standard InChI is InChI=1S/C21H20N2O3/c1-3-11-26-19-10-9-17(13-20(19)25-2)12-18(14-22)21(24)23-15-16-7-5-4-6-8-16/h3-10,12-13H,1,11,15H2,2H3,(H,23,24)/b18-12+. The molecule has 0 fully saturated rings. The van der Waals surface area contributed by atoms with Crippen LogP contribution in [0.1, 0.15) is 11.1 Å². The van der Waals surface area contributed by atoms with Crippen LogP contribution in [-0.2, 0) is 11.3 Å². The van der Waals surface area contributed by atoms with Crippen molar-refractivity contribution in [2.45, 2.75) is 6.54 Å². The minimum Gasteiger partial charge on any atom is -0.493 e. The van der Waals surface area contributed by atoms with Crippen molar-refractivity contribution in [1.82, 2.24) is 5.32 Å². The van der Waals surface area contributed by atoms with Crippen molar-refractivity contribution in [3.05, 3.63) is 77.9 Å². The predicted octanol–water partition coefficient (Wildman–Crippen LogP) is 3.48. The molecule has 0 heterocycles. The summed E-state index contributed by atoms with van der Waals surface area (Å²) in [7, 11) is 1.53. The second-order valence-electron chi connectivity index (χ2n) is 5.35. The number of ether oxygens (including phenoxy) is 2. The van der Waals surface area contributed by atoms with Crippen molar-refractivity contribution in [1.29, 1.82) is 5.26 Å². The van der Waals surface area contributed by atoms with Gasteiger partial charge in [0.1, 0.15) is 18.2 Å². The summed E-state index contributed by atoms with van der Waals surface area (Å²) in [5.41, 5.74) is 1.64. The van der Waals surface area contributed by atoms with E-state index in [4.69, 9.17) is 9.47 Å². The molecule has 5 nitrogen and oxygen atoms in total. The molecule has 0 saturated carbocycles.